The molecule has 1 nitrogen and oxygen atoms in total. The number of fused-ring (bicyclic) bond motifs is 1. The standard InChI is InChI=1S/C16H15BrIN/c1-10-9-11(18)5-7-15(10)19-16-8-6-12-13(16)3-2-4-14(12)17/h2-5,7,9,16,19H,6,8H2,1H3. The Kier molecular flexibility index (Phi) is 3.85. The Morgan fingerprint density at radius 2 is 2.11 bits per heavy atom. The van der Waals surface area contributed by atoms with Gasteiger partial charge in [-0.1, -0.05) is 28.1 Å². The van der Waals surface area contributed by atoms with Crippen molar-refractivity contribution in [1.82, 2.24) is 0 Å². The van der Waals surface area contributed by atoms with E-state index >= 15 is 0 Å². The van der Waals surface area contributed by atoms with Gasteiger partial charge in [-0.3, -0.25) is 0 Å². The van der Waals surface area contributed by atoms with Crippen molar-refractivity contribution in [2.45, 2.75) is 25.8 Å². The van der Waals surface area contributed by atoms with Crippen molar-refractivity contribution in [3.63, 3.8) is 0 Å². The molecule has 2 aromatic carbocycles. The van der Waals surface area contributed by atoms with E-state index in [0.717, 1.165) is 6.42 Å². The molecule has 0 saturated heterocycles. The molecule has 1 aliphatic carbocycles. The second kappa shape index (κ2) is 5.44. The van der Waals surface area contributed by atoms with E-state index in [4.69, 9.17) is 0 Å². The van der Waals surface area contributed by atoms with E-state index in [1.54, 1.807) is 0 Å². The predicted molar refractivity (Wildman–Crippen MR) is 92.7 cm³/mol. The van der Waals surface area contributed by atoms with Crippen LogP contribution in [0.5, 0.6) is 0 Å². The van der Waals surface area contributed by atoms with Crippen molar-refractivity contribution in [3.05, 3.63) is 61.1 Å². The molecule has 0 spiro atoms. The zero-order valence-electron chi connectivity index (χ0n) is 10.7. The van der Waals surface area contributed by atoms with Crippen LogP contribution >= 0.6 is 38.5 Å². The molecule has 98 valence electrons. The van der Waals surface area contributed by atoms with Crippen molar-refractivity contribution < 1.29 is 0 Å². The molecule has 0 aromatic heterocycles. The average Bonchev–Trinajstić information content (AvgIpc) is 2.78. The van der Waals surface area contributed by atoms with Crippen LogP contribution in [0.4, 0.5) is 5.69 Å². The maximum atomic E-state index is 3.70. The van der Waals surface area contributed by atoms with Gasteiger partial charge in [0, 0.05) is 13.7 Å². The smallest absolute Gasteiger partial charge is 0.0520 e. The summed E-state index contributed by atoms with van der Waals surface area (Å²) in [6.07, 6.45) is 2.32. The molecule has 1 atom stereocenters. The van der Waals surface area contributed by atoms with Gasteiger partial charge in [-0.25, -0.2) is 0 Å². The summed E-state index contributed by atoms with van der Waals surface area (Å²) in [6, 6.07) is 13.5. The zero-order chi connectivity index (χ0) is 13.4. The second-order valence-electron chi connectivity index (χ2n) is 5.00. The first-order valence-corrected chi connectivity index (χ1v) is 8.32. The lowest BCUT2D eigenvalue weighted by Crippen LogP contribution is -2.08. The van der Waals surface area contributed by atoms with Crippen LogP contribution in [-0.4, -0.2) is 0 Å². The minimum absolute atomic E-state index is 0.436. The van der Waals surface area contributed by atoms with Crippen LogP contribution < -0.4 is 5.32 Å². The van der Waals surface area contributed by atoms with Gasteiger partial charge in [0.05, 0.1) is 6.04 Å². The lowest BCUT2D eigenvalue weighted by atomic mass is 10.1. The van der Waals surface area contributed by atoms with Crippen molar-refractivity contribution >= 4 is 44.2 Å². The van der Waals surface area contributed by atoms with Crippen LogP contribution in [-0.2, 0) is 6.42 Å². The van der Waals surface area contributed by atoms with E-state index in [9.17, 15) is 0 Å². The summed E-state index contributed by atoms with van der Waals surface area (Å²) in [5.74, 6) is 0. The molecule has 1 N–H and O–H groups in total. The van der Waals surface area contributed by atoms with Crippen molar-refractivity contribution in [3.8, 4) is 0 Å². The molecule has 19 heavy (non-hydrogen) atoms. The first-order valence-electron chi connectivity index (χ1n) is 6.45. The van der Waals surface area contributed by atoms with Crippen LogP contribution in [0.15, 0.2) is 40.9 Å². The number of hydrogen-bond acceptors (Lipinski definition) is 1. The number of anilines is 1. The molecule has 0 fully saturated rings. The molecule has 1 aliphatic rings. The SMILES string of the molecule is Cc1cc(I)ccc1NC1CCc2c(Br)cccc21. The highest BCUT2D eigenvalue weighted by Gasteiger charge is 2.24. The van der Waals surface area contributed by atoms with Crippen LogP contribution in [0, 0.1) is 10.5 Å². The Bertz CT molecular complexity index is 624. The summed E-state index contributed by atoms with van der Waals surface area (Å²) < 4.78 is 2.53. The molecular formula is C16H15BrIN. The molecule has 3 rings (SSSR count). The quantitative estimate of drug-likeness (QED) is 0.627. The van der Waals surface area contributed by atoms with Crippen LogP contribution in [0.3, 0.4) is 0 Å². The van der Waals surface area contributed by atoms with Crippen LogP contribution in [0.1, 0.15) is 29.2 Å². The third-order valence-electron chi connectivity index (χ3n) is 3.73. The first-order chi connectivity index (χ1) is 9.15. The van der Waals surface area contributed by atoms with Gasteiger partial charge in [0.25, 0.3) is 0 Å². The fourth-order valence-corrected chi connectivity index (χ4v) is 3.96. The van der Waals surface area contributed by atoms with E-state index in [1.165, 1.54) is 36.8 Å². The highest BCUT2D eigenvalue weighted by Crippen LogP contribution is 2.38. The summed E-state index contributed by atoms with van der Waals surface area (Å²) >= 11 is 6.01. The average molecular weight is 428 g/mol. The molecule has 0 bridgehead atoms. The topological polar surface area (TPSA) is 12.0 Å². The van der Waals surface area contributed by atoms with Gasteiger partial charge in [-0.15, -0.1) is 0 Å². The van der Waals surface area contributed by atoms with E-state index in [1.807, 2.05) is 0 Å². The molecule has 0 aliphatic heterocycles. The van der Waals surface area contributed by atoms with Gasteiger partial charge in [0.2, 0.25) is 0 Å². The van der Waals surface area contributed by atoms with Crippen LogP contribution in [0.25, 0.3) is 0 Å². The van der Waals surface area contributed by atoms with Gasteiger partial charge in [0.15, 0.2) is 0 Å². The maximum Gasteiger partial charge on any atom is 0.0520 e. The van der Waals surface area contributed by atoms with E-state index in [-0.39, 0.29) is 0 Å². The molecule has 0 amide bonds. The summed E-state index contributed by atoms with van der Waals surface area (Å²) in [5.41, 5.74) is 5.46. The lowest BCUT2D eigenvalue weighted by Gasteiger charge is -2.17. The van der Waals surface area contributed by atoms with Gasteiger partial charge in [-0.05, 0) is 83.3 Å². The number of halogens is 2. The van der Waals surface area contributed by atoms with Crippen molar-refractivity contribution in [2.75, 3.05) is 5.32 Å². The second-order valence-corrected chi connectivity index (χ2v) is 7.10. The van der Waals surface area contributed by atoms with Crippen LogP contribution in [0.2, 0.25) is 0 Å². The lowest BCUT2D eigenvalue weighted by molar-refractivity contribution is 0.761. The number of benzene rings is 2. The normalized spacial score (nSPS) is 17.3. The minimum atomic E-state index is 0.436. The molecule has 3 heteroatoms. The largest absolute Gasteiger partial charge is 0.378 e. The molecule has 2 aromatic rings. The monoisotopic (exact) mass is 427 g/mol. The summed E-state index contributed by atoms with van der Waals surface area (Å²) in [5, 5.41) is 3.70. The van der Waals surface area contributed by atoms with E-state index < -0.39 is 0 Å². The Hall–Kier alpha value is -0.550. The molecule has 0 heterocycles. The Morgan fingerprint density at radius 1 is 1.26 bits per heavy atom. The summed E-state index contributed by atoms with van der Waals surface area (Å²) in [4.78, 5) is 0. The number of hydrogen-bond donors (Lipinski definition) is 1. The fraction of sp³-hybridized carbons (Fsp3) is 0.250. The van der Waals surface area contributed by atoms with E-state index in [2.05, 4.69) is 87.2 Å². The Labute approximate surface area is 136 Å². The number of nitrogens with one attached hydrogen (secondary N) is 1. The Morgan fingerprint density at radius 3 is 2.89 bits per heavy atom. The third kappa shape index (κ3) is 2.68. The van der Waals surface area contributed by atoms with Crippen molar-refractivity contribution in [1.29, 1.82) is 0 Å². The zero-order valence-corrected chi connectivity index (χ0v) is 14.5. The third-order valence-corrected chi connectivity index (χ3v) is 5.15. The molecule has 1 unspecified atom stereocenters. The highest BCUT2D eigenvalue weighted by molar-refractivity contribution is 14.1. The molecule has 0 saturated carbocycles. The van der Waals surface area contributed by atoms with Gasteiger partial charge < -0.3 is 5.32 Å². The van der Waals surface area contributed by atoms with Crippen molar-refractivity contribution in [2.24, 2.45) is 0 Å². The number of rotatable bonds is 2. The van der Waals surface area contributed by atoms with Gasteiger partial charge in [0.1, 0.15) is 0 Å². The number of aryl methyl sites for hydroxylation is 1. The van der Waals surface area contributed by atoms with Gasteiger partial charge in [-0.2, -0.15) is 0 Å². The molecular weight excluding hydrogens is 413 g/mol. The minimum Gasteiger partial charge on any atom is -0.378 e. The van der Waals surface area contributed by atoms with Gasteiger partial charge >= 0.3 is 0 Å². The fourth-order valence-electron chi connectivity index (χ4n) is 2.74. The maximum absolute atomic E-state index is 3.70. The summed E-state index contributed by atoms with van der Waals surface area (Å²) in [6.45, 7) is 2.17. The van der Waals surface area contributed by atoms with E-state index in [0.29, 0.717) is 6.04 Å². The predicted octanol–water partition coefficient (Wildman–Crippen LogP) is 5.46. The highest BCUT2D eigenvalue weighted by atomic mass is 127. The molecule has 0 radical (unpaired) electrons. The summed E-state index contributed by atoms with van der Waals surface area (Å²) in [7, 11) is 0. The first kappa shape index (κ1) is 13.4. The Balaban J connectivity index is 1.89.